The van der Waals surface area contributed by atoms with Crippen molar-refractivity contribution in [2.24, 2.45) is 22.7 Å². The molecule has 0 saturated heterocycles. The topological polar surface area (TPSA) is 37.3 Å². The number of nitrogens with one attached hydrogen (secondary N) is 1. The van der Waals surface area contributed by atoms with Crippen LogP contribution in [0.3, 0.4) is 0 Å². The van der Waals surface area contributed by atoms with Gasteiger partial charge in [0.2, 0.25) is 0 Å². The molecule has 4 aliphatic rings. The van der Waals surface area contributed by atoms with Gasteiger partial charge < -0.3 is 5.32 Å². The second-order valence-corrected chi connectivity index (χ2v) is 11.3. The van der Waals surface area contributed by atoms with Gasteiger partial charge in [0.05, 0.1) is 5.70 Å². The van der Waals surface area contributed by atoms with Gasteiger partial charge in [0.25, 0.3) is 0 Å². The Morgan fingerprint density at radius 1 is 1.06 bits per heavy atom. The molecule has 0 aromatic carbocycles. The fourth-order valence-electron chi connectivity index (χ4n) is 5.76. The van der Waals surface area contributed by atoms with Crippen molar-refractivity contribution in [3.05, 3.63) is 81.8 Å². The fourth-order valence-corrected chi connectivity index (χ4v) is 5.76. The van der Waals surface area contributed by atoms with Crippen LogP contribution in [0.5, 0.6) is 0 Å². The van der Waals surface area contributed by atoms with Crippen LogP contribution in [-0.2, 0) is 12.8 Å². The van der Waals surface area contributed by atoms with Crippen molar-refractivity contribution in [2.45, 2.75) is 79.2 Å². The first-order valence-corrected chi connectivity index (χ1v) is 13.1. The number of fused-ring (bicyclic) bond motifs is 2. The Morgan fingerprint density at radius 3 is 2.71 bits per heavy atom. The van der Waals surface area contributed by atoms with Crippen molar-refractivity contribution < 1.29 is 0 Å². The van der Waals surface area contributed by atoms with Crippen molar-refractivity contribution in [1.82, 2.24) is 4.98 Å². The van der Waals surface area contributed by atoms with E-state index in [1.807, 2.05) is 0 Å². The van der Waals surface area contributed by atoms with Gasteiger partial charge in [-0.25, -0.2) is 4.98 Å². The van der Waals surface area contributed by atoms with E-state index >= 15 is 0 Å². The number of allylic oxidation sites excluding steroid dienone is 8. The molecular formula is C31H39N3. The highest BCUT2D eigenvalue weighted by Crippen LogP contribution is 2.42. The van der Waals surface area contributed by atoms with Crippen LogP contribution in [-0.4, -0.2) is 16.2 Å². The number of pyridine rings is 1. The van der Waals surface area contributed by atoms with Crippen molar-refractivity contribution in [2.75, 3.05) is 5.32 Å². The minimum atomic E-state index is 0.119. The highest BCUT2D eigenvalue weighted by Gasteiger charge is 2.32. The molecule has 0 radical (unpaired) electrons. The maximum atomic E-state index is 5.39. The van der Waals surface area contributed by atoms with Crippen LogP contribution in [0.2, 0.25) is 0 Å². The highest BCUT2D eigenvalue weighted by molar-refractivity contribution is 5.90. The van der Waals surface area contributed by atoms with Crippen molar-refractivity contribution in [3.63, 3.8) is 0 Å². The average molecular weight is 454 g/mol. The Bertz CT molecular complexity index is 1190. The van der Waals surface area contributed by atoms with E-state index in [9.17, 15) is 0 Å². The number of rotatable bonds is 3. The molecule has 3 unspecified atom stereocenters. The minimum Gasteiger partial charge on any atom is -0.365 e. The summed E-state index contributed by atoms with van der Waals surface area (Å²) < 4.78 is 0. The zero-order valence-corrected chi connectivity index (χ0v) is 21.7. The van der Waals surface area contributed by atoms with Crippen LogP contribution in [0, 0.1) is 17.8 Å². The molecule has 3 nitrogen and oxygen atoms in total. The normalized spacial score (nSPS) is 27.6. The van der Waals surface area contributed by atoms with Gasteiger partial charge in [-0.3, -0.25) is 4.99 Å². The number of aromatic nitrogens is 1. The van der Waals surface area contributed by atoms with Gasteiger partial charge in [0.1, 0.15) is 5.82 Å². The maximum absolute atomic E-state index is 5.39. The third kappa shape index (κ3) is 4.26. The minimum absolute atomic E-state index is 0.119. The zero-order chi connectivity index (χ0) is 24.0. The molecule has 1 aromatic heterocycles. The molecule has 0 saturated carbocycles. The number of aliphatic imine (C=N–C) groups is 1. The van der Waals surface area contributed by atoms with Crippen LogP contribution in [0.4, 0.5) is 5.82 Å². The van der Waals surface area contributed by atoms with E-state index in [1.165, 1.54) is 39.3 Å². The SMILES string of the molecule is CC1=CC=CC2=C(C=CCC3=C2N=C(CCc2ccc4c(n2)NC(C)(C)CC4)C(C)C3C)C1C. The van der Waals surface area contributed by atoms with E-state index in [0.29, 0.717) is 17.8 Å². The van der Waals surface area contributed by atoms with E-state index in [4.69, 9.17) is 9.98 Å². The van der Waals surface area contributed by atoms with Gasteiger partial charge in [-0.2, -0.15) is 0 Å². The summed E-state index contributed by atoms with van der Waals surface area (Å²) in [5.74, 6) is 2.45. The largest absolute Gasteiger partial charge is 0.365 e. The molecule has 0 fully saturated rings. The summed E-state index contributed by atoms with van der Waals surface area (Å²) in [6.07, 6.45) is 16.6. The smallest absolute Gasteiger partial charge is 0.129 e. The van der Waals surface area contributed by atoms with Gasteiger partial charge in [0, 0.05) is 34.4 Å². The van der Waals surface area contributed by atoms with Crippen molar-refractivity contribution in [3.8, 4) is 0 Å². The monoisotopic (exact) mass is 453 g/mol. The number of aryl methyl sites for hydroxylation is 2. The molecule has 2 aliphatic carbocycles. The van der Waals surface area contributed by atoms with Crippen LogP contribution in [0.15, 0.2) is 75.5 Å². The third-order valence-electron chi connectivity index (χ3n) is 8.51. The molecule has 3 heteroatoms. The van der Waals surface area contributed by atoms with E-state index in [2.05, 4.69) is 89.4 Å². The van der Waals surface area contributed by atoms with E-state index in [0.717, 1.165) is 43.6 Å². The second kappa shape index (κ2) is 8.83. The Labute approximate surface area is 205 Å². The van der Waals surface area contributed by atoms with Crippen molar-refractivity contribution >= 4 is 11.5 Å². The van der Waals surface area contributed by atoms with Crippen molar-refractivity contribution in [1.29, 1.82) is 0 Å². The molecule has 178 valence electrons. The standard InChI is InChI=1S/C31H39N3/c1-19-9-7-12-27-25(20(19)2)10-8-11-26-21(3)22(4)28(33-29(26)27)16-15-24-14-13-23-17-18-31(5,6)34-30(23)32-24/h7-10,12-14,20-22H,11,15-18H2,1-6H3,(H,32,34). The summed E-state index contributed by atoms with van der Waals surface area (Å²) in [5, 5.41) is 3.64. The number of hydrogen-bond acceptors (Lipinski definition) is 3. The Hall–Kier alpha value is -2.68. The van der Waals surface area contributed by atoms with Gasteiger partial charge >= 0.3 is 0 Å². The number of hydrogen-bond donors (Lipinski definition) is 1. The Kier molecular flexibility index (Phi) is 6.00. The summed E-state index contributed by atoms with van der Waals surface area (Å²) in [4.78, 5) is 10.4. The molecule has 5 rings (SSSR count). The highest BCUT2D eigenvalue weighted by atomic mass is 15.1. The lowest BCUT2D eigenvalue weighted by Gasteiger charge is -2.33. The molecule has 1 aromatic rings. The van der Waals surface area contributed by atoms with E-state index < -0.39 is 0 Å². The van der Waals surface area contributed by atoms with Gasteiger partial charge in [-0.15, -0.1) is 0 Å². The summed E-state index contributed by atoms with van der Waals surface area (Å²) in [7, 11) is 0. The van der Waals surface area contributed by atoms with Gasteiger partial charge in [-0.1, -0.05) is 62.8 Å². The zero-order valence-electron chi connectivity index (χ0n) is 21.7. The van der Waals surface area contributed by atoms with E-state index in [1.54, 1.807) is 0 Å². The Balaban J connectivity index is 1.44. The molecule has 3 heterocycles. The van der Waals surface area contributed by atoms with Gasteiger partial charge in [-0.05, 0) is 81.6 Å². The first kappa shape index (κ1) is 23.1. The first-order valence-electron chi connectivity index (χ1n) is 13.1. The lowest BCUT2D eigenvalue weighted by Crippen LogP contribution is -2.35. The third-order valence-corrected chi connectivity index (χ3v) is 8.51. The molecule has 3 atom stereocenters. The lowest BCUT2D eigenvalue weighted by molar-refractivity contribution is 0.498. The number of nitrogens with zero attached hydrogens (tertiary/aromatic N) is 2. The molecule has 34 heavy (non-hydrogen) atoms. The quantitative estimate of drug-likeness (QED) is 0.513. The summed E-state index contributed by atoms with van der Waals surface area (Å²) in [6.45, 7) is 13.8. The van der Waals surface area contributed by atoms with Gasteiger partial charge in [0.15, 0.2) is 0 Å². The molecule has 0 spiro atoms. The summed E-state index contributed by atoms with van der Waals surface area (Å²) in [5.41, 5.74) is 10.8. The summed E-state index contributed by atoms with van der Waals surface area (Å²) >= 11 is 0. The molecule has 0 amide bonds. The Morgan fingerprint density at radius 2 is 1.88 bits per heavy atom. The first-order chi connectivity index (χ1) is 16.2. The van der Waals surface area contributed by atoms with Crippen LogP contribution < -0.4 is 5.32 Å². The number of anilines is 1. The van der Waals surface area contributed by atoms with Crippen LogP contribution in [0.25, 0.3) is 0 Å². The van der Waals surface area contributed by atoms with Crippen LogP contribution >= 0.6 is 0 Å². The van der Waals surface area contributed by atoms with Crippen LogP contribution in [0.1, 0.15) is 72.1 Å². The maximum Gasteiger partial charge on any atom is 0.129 e. The molecule has 2 aliphatic heterocycles. The van der Waals surface area contributed by atoms with E-state index in [-0.39, 0.29) is 5.54 Å². The fraction of sp³-hybridized carbons (Fsp3) is 0.484. The molecule has 0 bridgehead atoms. The molecule has 1 N–H and O–H groups in total. The predicted molar refractivity (Wildman–Crippen MR) is 144 cm³/mol. The summed E-state index contributed by atoms with van der Waals surface area (Å²) in [6, 6.07) is 4.50. The molecular weight excluding hydrogens is 414 g/mol. The predicted octanol–water partition coefficient (Wildman–Crippen LogP) is 7.54. The lowest BCUT2D eigenvalue weighted by atomic mass is 9.78. The average Bonchev–Trinajstić information content (AvgIpc) is 3.06. The second-order valence-electron chi connectivity index (χ2n) is 11.3.